The lowest BCUT2D eigenvalue weighted by atomic mass is 10.0. The van der Waals surface area contributed by atoms with E-state index in [1.54, 1.807) is 0 Å². The first-order valence-corrected chi connectivity index (χ1v) is 7.07. The normalized spacial score (nSPS) is 11.6. The maximum atomic E-state index is 14.2. The molecule has 0 saturated carbocycles. The molecule has 0 aliphatic heterocycles. The lowest BCUT2D eigenvalue weighted by Crippen LogP contribution is -2.13. The minimum atomic E-state index is -1.65. The molecule has 2 aromatic carbocycles. The Balaban J connectivity index is 2.46. The molecule has 8 heteroatoms. The molecular weight excluding hydrogens is 356 g/mol. The number of carbonyl (C=O) groups is 1. The average molecular weight is 368 g/mol. The van der Waals surface area contributed by atoms with Gasteiger partial charge in [0.1, 0.15) is 0 Å². The second-order valence-electron chi connectivity index (χ2n) is 4.88. The summed E-state index contributed by atoms with van der Waals surface area (Å²) in [6.45, 7) is 6.30. The van der Waals surface area contributed by atoms with Gasteiger partial charge < -0.3 is 14.6 Å². The predicted molar refractivity (Wildman–Crippen MR) is 84.4 cm³/mol. The summed E-state index contributed by atoms with van der Waals surface area (Å²) in [5, 5.41) is 9.22. The van der Waals surface area contributed by atoms with Crippen LogP contribution >= 0.6 is 0 Å². The van der Waals surface area contributed by atoms with Crippen molar-refractivity contribution in [3.05, 3.63) is 72.8 Å². The summed E-state index contributed by atoms with van der Waals surface area (Å²) in [6.07, 6.45) is -0.00445. The average Bonchev–Trinajstić information content (AvgIpc) is 2.61. The van der Waals surface area contributed by atoms with Crippen molar-refractivity contribution >= 4 is 5.97 Å². The van der Waals surface area contributed by atoms with Gasteiger partial charge in [0.15, 0.2) is 29.0 Å². The van der Waals surface area contributed by atoms with Crippen molar-refractivity contribution in [3.63, 3.8) is 0 Å². The van der Waals surface area contributed by atoms with E-state index in [2.05, 4.69) is 22.6 Å². The number of halogens is 4. The number of carbonyl (C=O) groups excluding carboxylic acids is 1. The second-order valence-corrected chi connectivity index (χ2v) is 4.88. The number of hydrogen-bond acceptors (Lipinski definition) is 4. The molecule has 1 atom stereocenters. The highest BCUT2D eigenvalue weighted by Gasteiger charge is 2.21. The van der Waals surface area contributed by atoms with Gasteiger partial charge in [-0.1, -0.05) is 13.2 Å². The van der Waals surface area contributed by atoms with Gasteiger partial charge >= 0.3 is 5.97 Å². The zero-order valence-electron chi connectivity index (χ0n) is 13.1. The molecule has 1 N–H and O–H groups in total. The third-order valence-corrected chi connectivity index (χ3v) is 3.17. The summed E-state index contributed by atoms with van der Waals surface area (Å²) < 4.78 is 65.3. The van der Waals surface area contributed by atoms with E-state index in [1.165, 1.54) is 0 Å². The largest absolute Gasteiger partial charge is 0.455 e. The van der Waals surface area contributed by atoms with Crippen LogP contribution in [0.2, 0.25) is 0 Å². The molecule has 0 aromatic heterocycles. The number of benzene rings is 2. The van der Waals surface area contributed by atoms with Crippen molar-refractivity contribution in [1.82, 2.24) is 0 Å². The molecule has 0 radical (unpaired) electrons. The third-order valence-electron chi connectivity index (χ3n) is 3.17. The fourth-order valence-electron chi connectivity index (χ4n) is 1.98. The fourth-order valence-corrected chi connectivity index (χ4v) is 1.98. The highest BCUT2D eigenvalue weighted by Crippen LogP contribution is 2.34. The van der Waals surface area contributed by atoms with Crippen LogP contribution in [0.3, 0.4) is 0 Å². The molecule has 0 aliphatic rings. The molecule has 0 fully saturated rings. The maximum Gasteiger partial charge on any atom is 0.335 e. The molecule has 2 rings (SSSR count). The molecule has 0 heterocycles. The molecule has 0 bridgehead atoms. The summed E-state index contributed by atoms with van der Waals surface area (Å²) in [5.41, 5.74) is -0.812. The predicted octanol–water partition coefficient (Wildman–Crippen LogP) is 3.88. The minimum Gasteiger partial charge on any atom is -0.455 e. The topological polar surface area (TPSA) is 55.8 Å². The first-order valence-electron chi connectivity index (χ1n) is 7.07. The van der Waals surface area contributed by atoms with Crippen molar-refractivity contribution < 1.29 is 36.9 Å². The van der Waals surface area contributed by atoms with Crippen molar-refractivity contribution in [3.8, 4) is 22.6 Å². The van der Waals surface area contributed by atoms with Crippen LogP contribution < -0.4 is 9.47 Å². The molecule has 0 amide bonds. The third kappa shape index (κ3) is 3.92. The zero-order chi connectivity index (χ0) is 19.4. The van der Waals surface area contributed by atoms with Gasteiger partial charge in [-0.15, -0.1) is 0 Å². The number of aliphatic hydroxyl groups is 1. The quantitative estimate of drug-likeness (QED) is 0.210. The van der Waals surface area contributed by atoms with Gasteiger partial charge in [-0.3, -0.25) is 0 Å². The Kier molecular flexibility index (Phi) is 5.78. The van der Waals surface area contributed by atoms with Gasteiger partial charge in [0.05, 0.1) is 0 Å². The highest BCUT2D eigenvalue weighted by atomic mass is 19.2. The Bertz CT molecular complexity index is 857. The Morgan fingerprint density at radius 1 is 1.08 bits per heavy atom. The van der Waals surface area contributed by atoms with Crippen LogP contribution in [-0.4, -0.2) is 17.4 Å². The summed E-state index contributed by atoms with van der Waals surface area (Å²) in [4.78, 5) is 11.1. The summed E-state index contributed by atoms with van der Waals surface area (Å²) in [6, 6.07) is 3.30. The van der Waals surface area contributed by atoms with Crippen molar-refractivity contribution in [2.45, 2.75) is 6.29 Å². The zero-order valence-corrected chi connectivity index (χ0v) is 13.1. The van der Waals surface area contributed by atoms with Crippen LogP contribution in [0, 0.1) is 23.3 Å². The van der Waals surface area contributed by atoms with Crippen LogP contribution in [0.1, 0.15) is 0 Å². The highest BCUT2D eigenvalue weighted by molar-refractivity contribution is 5.83. The molecule has 26 heavy (non-hydrogen) atoms. The standard InChI is InChI=1S/C18H12F4O4/c1-3-14(23)25-13-6-5-10(16(21)17(13)22)9-7-11(19)18(12(20)8-9)26-15(24)4-2/h3-8,15,24H,1-2H2. The van der Waals surface area contributed by atoms with E-state index in [0.717, 1.165) is 24.3 Å². The smallest absolute Gasteiger partial charge is 0.335 e. The Labute approximate surface area is 145 Å². The van der Waals surface area contributed by atoms with E-state index in [9.17, 15) is 27.5 Å². The molecular formula is C18H12F4O4. The van der Waals surface area contributed by atoms with Crippen molar-refractivity contribution in [2.24, 2.45) is 0 Å². The van der Waals surface area contributed by atoms with E-state index < -0.39 is 52.6 Å². The van der Waals surface area contributed by atoms with E-state index in [0.29, 0.717) is 12.1 Å². The molecule has 0 aliphatic carbocycles. The number of hydrogen-bond donors (Lipinski definition) is 1. The van der Waals surface area contributed by atoms with E-state index in [1.807, 2.05) is 0 Å². The van der Waals surface area contributed by atoms with E-state index in [4.69, 9.17) is 0 Å². The number of ether oxygens (including phenoxy) is 2. The van der Waals surface area contributed by atoms with Crippen LogP contribution in [0.4, 0.5) is 17.6 Å². The number of esters is 1. The minimum absolute atomic E-state index is 0.335. The van der Waals surface area contributed by atoms with Gasteiger partial charge in [-0.25, -0.2) is 18.0 Å². The number of rotatable bonds is 6. The molecule has 4 nitrogen and oxygen atoms in total. The Hall–Kier alpha value is -3.13. The Morgan fingerprint density at radius 3 is 2.23 bits per heavy atom. The van der Waals surface area contributed by atoms with E-state index >= 15 is 0 Å². The monoisotopic (exact) mass is 368 g/mol. The summed E-state index contributed by atoms with van der Waals surface area (Å²) >= 11 is 0. The van der Waals surface area contributed by atoms with Gasteiger partial charge in [0, 0.05) is 11.6 Å². The maximum absolute atomic E-state index is 14.2. The lowest BCUT2D eigenvalue weighted by Gasteiger charge is -2.13. The van der Waals surface area contributed by atoms with Gasteiger partial charge in [0.2, 0.25) is 12.1 Å². The molecule has 0 spiro atoms. The van der Waals surface area contributed by atoms with Crippen LogP contribution in [0.15, 0.2) is 49.6 Å². The lowest BCUT2D eigenvalue weighted by molar-refractivity contribution is -0.129. The first-order chi connectivity index (χ1) is 12.3. The number of aliphatic hydroxyl groups excluding tert-OH is 1. The van der Waals surface area contributed by atoms with E-state index in [-0.39, 0.29) is 5.56 Å². The summed E-state index contributed by atoms with van der Waals surface area (Å²) in [5.74, 6) is -8.09. The second kappa shape index (κ2) is 7.83. The molecule has 2 aromatic rings. The first kappa shape index (κ1) is 19.2. The van der Waals surface area contributed by atoms with Crippen molar-refractivity contribution in [2.75, 3.05) is 0 Å². The van der Waals surface area contributed by atoms with Crippen LogP contribution in [0.5, 0.6) is 11.5 Å². The fraction of sp³-hybridized carbons (Fsp3) is 0.0556. The molecule has 0 saturated heterocycles. The van der Waals surface area contributed by atoms with Crippen molar-refractivity contribution in [1.29, 1.82) is 0 Å². The summed E-state index contributed by atoms with van der Waals surface area (Å²) in [7, 11) is 0. The Morgan fingerprint density at radius 2 is 1.69 bits per heavy atom. The SMILES string of the molecule is C=CC(=O)Oc1ccc(-c2cc(F)c(OC(O)C=C)c(F)c2)c(F)c1F. The van der Waals surface area contributed by atoms with Gasteiger partial charge in [-0.05, 0) is 35.9 Å². The molecule has 136 valence electrons. The van der Waals surface area contributed by atoms with Crippen LogP contribution in [0.25, 0.3) is 11.1 Å². The van der Waals surface area contributed by atoms with Crippen LogP contribution in [-0.2, 0) is 4.79 Å². The van der Waals surface area contributed by atoms with Gasteiger partial charge in [0.25, 0.3) is 0 Å². The van der Waals surface area contributed by atoms with Gasteiger partial charge in [-0.2, -0.15) is 4.39 Å². The molecule has 1 unspecified atom stereocenters.